The second-order valence-corrected chi connectivity index (χ2v) is 4.28. The van der Waals surface area contributed by atoms with Gasteiger partial charge in [-0.05, 0) is 46.3 Å². The van der Waals surface area contributed by atoms with Gasteiger partial charge >= 0.3 is 5.97 Å². The highest BCUT2D eigenvalue weighted by Crippen LogP contribution is 2.12. The molecule has 0 radical (unpaired) electrons. The molecule has 17 heavy (non-hydrogen) atoms. The number of rotatable bonds is 4. The lowest BCUT2D eigenvalue weighted by atomic mass is 10.1. The predicted octanol–water partition coefficient (Wildman–Crippen LogP) is 3.91. The maximum absolute atomic E-state index is 10.8. The minimum atomic E-state index is -0.954. The topological polar surface area (TPSA) is 49.7 Å². The van der Waals surface area contributed by atoms with E-state index in [2.05, 4.69) is 4.99 Å². The van der Waals surface area contributed by atoms with Gasteiger partial charge in [-0.15, -0.1) is 0 Å². The second-order valence-electron chi connectivity index (χ2n) is 3.69. The van der Waals surface area contributed by atoms with Crippen LogP contribution in [0.1, 0.15) is 34.6 Å². The van der Waals surface area contributed by atoms with Crippen LogP contribution in [-0.2, 0) is 4.79 Å². The van der Waals surface area contributed by atoms with Crippen LogP contribution in [0.25, 0.3) is 0 Å². The Hall–Kier alpha value is -1.35. The number of hydrogen-bond acceptors (Lipinski definition) is 2. The molecule has 94 valence electrons. The number of allylic oxidation sites excluding steroid dienone is 5. The van der Waals surface area contributed by atoms with Crippen LogP contribution in [0.2, 0.25) is 0 Å². The van der Waals surface area contributed by atoms with Gasteiger partial charge in [0.2, 0.25) is 0 Å². The average Bonchev–Trinajstić information content (AvgIpc) is 2.23. The van der Waals surface area contributed by atoms with Gasteiger partial charge < -0.3 is 5.11 Å². The third kappa shape index (κ3) is 5.50. The Balaban J connectivity index is 5.31. The Kier molecular flexibility index (Phi) is 6.51. The number of carboxylic acid groups (broad SMARTS) is 1. The van der Waals surface area contributed by atoms with E-state index in [1.807, 2.05) is 19.9 Å². The van der Waals surface area contributed by atoms with Gasteiger partial charge in [0, 0.05) is 16.4 Å². The van der Waals surface area contributed by atoms with Gasteiger partial charge in [-0.1, -0.05) is 17.7 Å². The Bertz CT molecular complexity index is 425. The quantitative estimate of drug-likeness (QED) is 0.470. The summed E-state index contributed by atoms with van der Waals surface area (Å²) in [4.78, 5) is 15.0. The zero-order valence-corrected chi connectivity index (χ0v) is 11.6. The summed E-state index contributed by atoms with van der Waals surface area (Å²) in [7, 11) is 0. The van der Waals surface area contributed by atoms with Crippen molar-refractivity contribution in [2.24, 2.45) is 4.99 Å². The summed E-state index contributed by atoms with van der Waals surface area (Å²) in [5, 5.41) is 9.49. The standard InChI is InChI=1S/C13H18ClNO2/c1-6-12(7-8(2)14)11(5)15-10(4)9(3)13(16)17/h6-7H,1-5H3,(H,16,17)/b8-7+,10-9+,12-6+,15-11+. The summed E-state index contributed by atoms with van der Waals surface area (Å²) in [6, 6.07) is 0. The van der Waals surface area contributed by atoms with Crippen LogP contribution in [0, 0.1) is 0 Å². The van der Waals surface area contributed by atoms with Crippen molar-refractivity contribution in [3.05, 3.63) is 34.0 Å². The highest BCUT2D eigenvalue weighted by atomic mass is 35.5. The summed E-state index contributed by atoms with van der Waals surface area (Å²) in [5.41, 5.74) is 2.36. The van der Waals surface area contributed by atoms with Crippen LogP contribution in [0.15, 0.2) is 39.0 Å². The fourth-order valence-electron chi connectivity index (χ4n) is 1.17. The molecule has 4 heteroatoms. The van der Waals surface area contributed by atoms with Crippen LogP contribution in [0.4, 0.5) is 0 Å². The minimum absolute atomic E-state index is 0.242. The molecule has 0 rings (SSSR count). The van der Waals surface area contributed by atoms with E-state index in [0.29, 0.717) is 10.7 Å². The lowest BCUT2D eigenvalue weighted by Crippen LogP contribution is -2.01. The summed E-state index contributed by atoms with van der Waals surface area (Å²) in [6.45, 7) is 8.70. The van der Waals surface area contributed by atoms with Crippen molar-refractivity contribution in [1.29, 1.82) is 0 Å². The lowest BCUT2D eigenvalue weighted by Gasteiger charge is -2.04. The molecule has 0 aliphatic heterocycles. The summed E-state index contributed by atoms with van der Waals surface area (Å²) >= 11 is 5.80. The van der Waals surface area contributed by atoms with E-state index in [1.54, 1.807) is 19.9 Å². The minimum Gasteiger partial charge on any atom is -0.478 e. The van der Waals surface area contributed by atoms with E-state index in [-0.39, 0.29) is 5.57 Å². The first kappa shape index (κ1) is 15.7. The van der Waals surface area contributed by atoms with Gasteiger partial charge in [-0.25, -0.2) is 4.79 Å². The van der Waals surface area contributed by atoms with Crippen LogP contribution >= 0.6 is 11.6 Å². The normalized spacial score (nSPS) is 15.8. The molecule has 0 heterocycles. The molecule has 0 bridgehead atoms. The van der Waals surface area contributed by atoms with Gasteiger partial charge in [0.15, 0.2) is 0 Å². The zero-order chi connectivity index (χ0) is 13.6. The molecular weight excluding hydrogens is 238 g/mol. The van der Waals surface area contributed by atoms with Crippen LogP contribution < -0.4 is 0 Å². The van der Waals surface area contributed by atoms with Crippen LogP contribution in [-0.4, -0.2) is 16.8 Å². The largest absolute Gasteiger partial charge is 0.478 e. The molecule has 0 aromatic carbocycles. The maximum Gasteiger partial charge on any atom is 0.333 e. The first-order valence-electron chi connectivity index (χ1n) is 5.26. The van der Waals surface area contributed by atoms with E-state index in [9.17, 15) is 4.79 Å². The molecule has 0 fully saturated rings. The first-order valence-corrected chi connectivity index (χ1v) is 5.64. The number of aliphatic imine (C=N–C) groups is 1. The Morgan fingerprint density at radius 1 is 1.24 bits per heavy atom. The van der Waals surface area contributed by atoms with Gasteiger partial charge in [-0.3, -0.25) is 4.99 Å². The monoisotopic (exact) mass is 255 g/mol. The van der Waals surface area contributed by atoms with Crippen molar-refractivity contribution in [2.75, 3.05) is 0 Å². The SMILES string of the molecule is C/C=C(\C=C(/C)Cl)C(/C)=N/C(C)=C(\C)C(=O)O. The van der Waals surface area contributed by atoms with E-state index in [1.165, 1.54) is 6.92 Å². The Morgan fingerprint density at radius 2 is 1.76 bits per heavy atom. The van der Waals surface area contributed by atoms with Crippen molar-refractivity contribution in [3.63, 3.8) is 0 Å². The summed E-state index contributed by atoms with van der Waals surface area (Å²) < 4.78 is 0. The van der Waals surface area contributed by atoms with Crippen molar-refractivity contribution >= 4 is 23.3 Å². The highest BCUT2D eigenvalue weighted by Gasteiger charge is 2.05. The smallest absolute Gasteiger partial charge is 0.333 e. The third-order valence-electron chi connectivity index (χ3n) is 2.28. The number of carboxylic acids is 1. The highest BCUT2D eigenvalue weighted by molar-refractivity contribution is 6.29. The molecule has 0 saturated carbocycles. The van der Waals surface area contributed by atoms with Crippen LogP contribution in [0.3, 0.4) is 0 Å². The summed E-state index contributed by atoms with van der Waals surface area (Å²) in [6.07, 6.45) is 3.68. The molecule has 0 amide bonds. The molecule has 0 spiro atoms. The molecule has 0 saturated heterocycles. The van der Waals surface area contributed by atoms with Gasteiger partial charge in [0.25, 0.3) is 0 Å². The molecule has 0 aromatic rings. The number of carbonyl (C=O) groups is 1. The number of nitrogens with zero attached hydrogens (tertiary/aromatic N) is 1. The van der Waals surface area contributed by atoms with E-state index in [0.717, 1.165) is 11.3 Å². The van der Waals surface area contributed by atoms with Gasteiger partial charge in [-0.2, -0.15) is 0 Å². The number of halogens is 1. The molecule has 1 N–H and O–H groups in total. The molecular formula is C13H18ClNO2. The molecule has 0 aromatic heterocycles. The van der Waals surface area contributed by atoms with Gasteiger partial charge in [0.1, 0.15) is 0 Å². The molecule has 0 aliphatic carbocycles. The number of aliphatic carboxylic acids is 1. The average molecular weight is 256 g/mol. The van der Waals surface area contributed by atoms with E-state index >= 15 is 0 Å². The molecule has 0 atom stereocenters. The fraction of sp³-hybridized carbons (Fsp3) is 0.385. The van der Waals surface area contributed by atoms with E-state index in [4.69, 9.17) is 16.7 Å². The van der Waals surface area contributed by atoms with E-state index < -0.39 is 5.97 Å². The second kappa shape index (κ2) is 7.07. The van der Waals surface area contributed by atoms with Crippen LogP contribution in [0.5, 0.6) is 0 Å². The fourth-order valence-corrected chi connectivity index (χ4v) is 1.28. The summed E-state index contributed by atoms with van der Waals surface area (Å²) in [5.74, 6) is -0.954. The zero-order valence-electron chi connectivity index (χ0n) is 10.8. The molecule has 0 aliphatic rings. The Morgan fingerprint density at radius 3 is 2.12 bits per heavy atom. The molecule has 3 nitrogen and oxygen atoms in total. The van der Waals surface area contributed by atoms with Crippen molar-refractivity contribution < 1.29 is 9.90 Å². The number of hydrogen-bond donors (Lipinski definition) is 1. The first-order chi connectivity index (χ1) is 7.79. The predicted molar refractivity (Wildman–Crippen MR) is 72.5 cm³/mol. The third-order valence-corrected chi connectivity index (χ3v) is 2.39. The maximum atomic E-state index is 10.8. The van der Waals surface area contributed by atoms with Crippen molar-refractivity contribution in [2.45, 2.75) is 34.6 Å². The lowest BCUT2D eigenvalue weighted by molar-refractivity contribution is -0.132. The molecule has 0 unspecified atom stereocenters. The van der Waals surface area contributed by atoms with Crippen molar-refractivity contribution in [3.8, 4) is 0 Å². The van der Waals surface area contributed by atoms with Gasteiger partial charge in [0.05, 0.1) is 5.57 Å². The Labute approximate surface area is 107 Å². The van der Waals surface area contributed by atoms with Crippen molar-refractivity contribution in [1.82, 2.24) is 0 Å².